The predicted octanol–water partition coefficient (Wildman–Crippen LogP) is 5.56. The minimum absolute atomic E-state index is 0.579. The van der Waals surface area contributed by atoms with Crippen LogP contribution in [-0.4, -0.2) is 39.5 Å². The molecule has 0 saturated carbocycles. The molecular weight excluding hydrogens is 488 g/mol. The van der Waals surface area contributed by atoms with Crippen molar-refractivity contribution in [2.45, 2.75) is 34.6 Å². The maximum absolute atomic E-state index is 12.5. The van der Waals surface area contributed by atoms with Crippen LogP contribution in [0.2, 0.25) is 0 Å². The summed E-state index contributed by atoms with van der Waals surface area (Å²) >= 11 is 0.135. The Kier molecular flexibility index (Phi) is 6.02. The van der Waals surface area contributed by atoms with Crippen LogP contribution in [0.5, 0.6) is 0 Å². The van der Waals surface area contributed by atoms with E-state index in [0.717, 1.165) is 30.6 Å². The van der Waals surface area contributed by atoms with Gasteiger partial charge in [0.2, 0.25) is 0 Å². The Labute approximate surface area is 216 Å². The molecule has 9 heteroatoms. The van der Waals surface area contributed by atoms with E-state index in [4.69, 9.17) is 4.99 Å². The van der Waals surface area contributed by atoms with Gasteiger partial charge in [-0.25, -0.2) is 4.21 Å². The molecule has 2 atom stereocenters. The molecule has 0 aliphatic carbocycles. The highest BCUT2D eigenvalue weighted by Gasteiger charge is 2.41. The van der Waals surface area contributed by atoms with E-state index in [-0.39, 0.29) is 0 Å². The molecule has 2 unspecified atom stereocenters. The van der Waals surface area contributed by atoms with Gasteiger partial charge in [0.1, 0.15) is 11.3 Å². The Morgan fingerprint density at radius 3 is 2.69 bits per heavy atom. The third-order valence-corrected chi connectivity index (χ3v) is 8.37. The van der Waals surface area contributed by atoms with Crippen molar-refractivity contribution >= 4 is 57.8 Å². The highest BCUT2D eigenvalue weighted by Crippen LogP contribution is 2.45. The van der Waals surface area contributed by atoms with E-state index in [1.165, 1.54) is 21.0 Å². The molecule has 1 aromatic heterocycles. The molecule has 0 saturated heterocycles. The van der Waals surface area contributed by atoms with E-state index in [2.05, 4.69) is 67.6 Å². The van der Waals surface area contributed by atoms with Gasteiger partial charge in [0.05, 0.1) is 11.4 Å². The molecular formula is C27H24N6OS2. The van der Waals surface area contributed by atoms with Crippen LogP contribution in [0.1, 0.15) is 18.4 Å². The van der Waals surface area contributed by atoms with Crippen molar-refractivity contribution in [1.82, 2.24) is 4.98 Å². The lowest BCUT2D eigenvalue weighted by Gasteiger charge is -2.29. The Morgan fingerprint density at radius 2 is 1.86 bits per heavy atom. The number of anilines is 3. The number of rotatable bonds is 6. The second-order valence-corrected chi connectivity index (χ2v) is 10.7. The molecule has 1 N–H and O–H groups in total. The molecule has 36 heavy (non-hydrogen) atoms. The van der Waals surface area contributed by atoms with Crippen LogP contribution in [0.3, 0.4) is 0 Å². The number of aliphatic imine (C=N–C) groups is 1. The highest BCUT2D eigenvalue weighted by atomic mass is 32.2. The van der Waals surface area contributed by atoms with E-state index in [1.54, 1.807) is 30.4 Å². The first-order valence-electron chi connectivity index (χ1n) is 11.8. The van der Waals surface area contributed by atoms with Crippen LogP contribution in [0.25, 0.3) is 0 Å². The highest BCUT2D eigenvalue weighted by molar-refractivity contribution is 7.99. The van der Waals surface area contributed by atoms with Crippen LogP contribution in [-0.2, 0) is 17.6 Å². The van der Waals surface area contributed by atoms with Crippen LogP contribution in [0.15, 0.2) is 103 Å². The van der Waals surface area contributed by atoms with Gasteiger partial charge in [0.25, 0.3) is 11.2 Å². The third-order valence-electron chi connectivity index (χ3n) is 6.57. The van der Waals surface area contributed by atoms with Gasteiger partial charge >= 0.3 is 0 Å². The summed E-state index contributed by atoms with van der Waals surface area (Å²) in [5.74, 6) is 0.579. The van der Waals surface area contributed by atoms with E-state index >= 15 is 0 Å². The van der Waals surface area contributed by atoms with Gasteiger partial charge in [-0.2, -0.15) is 4.40 Å². The van der Waals surface area contributed by atoms with Gasteiger partial charge in [-0.3, -0.25) is 9.98 Å². The topological polar surface area (TPSA) is 82.3 Å². The van der Waals surface area contributed by atoms with Crippen molar-refractivity contribution in [3.63, 3.8) is 0 Å². The SMILES string of the molecule is CN(C1=NS(=O)N=C1C1(CCCc2cccc3c2Nc2ccccc2S3)C=CC=N1)c1ccncc1. The largest absolute Gasteiger partial charge is 0.353 e. The number of aryl methyl sites for hydroxylation is 1. The smallest absolute Gasteiger partial charge is 0.268 e. The zero-order valence-electron chi connectivity index (χ0n) is 19.7. The summed E-state index contributed by atoms with van der Waals surface area (Å²) in [6.07, 6.45) is 11.7. The number of nitrogens with one attached hydrogen (secondary N) is 1. The second kappa shape index (κ2) is 9.48. The lowest BCUT2D eigenvalue weighted by Crippen LogP contribution is -2.44. The molecule has 4 heterocycles. The van der Waals surface area contributed by atoms with Crippen LogP contribution in [0.4, 0.5) is 17.1 Å². The van der Waals surface area contributed by atoms with Crippen LogP contribution in [0, 0.1) is 0 Å². The lowest BCUT2D eigenvalue weighted by atomic mass is 9.86. The standard InChI is InChI=1S/C27H24N6OS2/c1-33(20-12-17-28-18-13-20)26-25(31-36(34)32-26)27(15-6-16-29-27)14-5-8-19-7-4-11-23-24(19)30-21-9-2-3-10-22(21)35-23/h2-4,6-7,9-13,15-18,30H,5,8,14H2,1H3. The molecule has 3 aliphatic heterocycles. The number of benzene rings is 2. The van der Waals surface area contributed by atoms with Crippen LogP contribution < -0.4 is 10.2 Å². The molecule has 6 rings (SSSR count). The van der Waals surface area contributed by atoms with E-state index in [9.17, 15) is 4.21 Å². The number of fused-ring (bicyclic) bond motifs is 2. The fourth-order valence-electron chi connectivity index (χ4n) is 4.74. The number of hydrogen-bond donors (Lipinski definition) is 1. The van der Waals surface area contributed by atoms with Gasteiger partial charge in [0.15, 0.2) is 5.84 Å². The normalized spacial score (nSPS) is 21.4. The molecule has 2 aromatic carbocycles. The summed E-state index contributed by atoms with van der Waals surface area (Å²) in [7, 11) is 1.90. The minimum Gasteiger partial charge on any atom is -0.353 e. The van der Waals surface area contributed by atoms with Crippen molar-refractivity contribution in [3.05, 3.63) is 84.7 Å². The van der Waals surface area contributed by atoms with Gasteiger partial charge in [-0.05, 0) is 67.3 Å². The van der Waals surface area contributed by atoms with Crippen molar-refractivity contribution in [1.29, 1.82) is 0 Å². The van der Waals surface area contributed by atoms with E-state index in [1.807, 2.05) is 30.2 Å². The number of para-hydroxylation sites is 2. The third kappa shape index (κ3) is 4.18. The van der Waals surface area contributed by atoms with Gasteiger partial charge in [-0.15, -0.1) is 4.40 Å². The summed E-state index contributed by atoms with van der Waals surface area (Å²) in [5.41, 5.74) is 4.45. The molecule has 0 radical (unpaired) electrons. The monoisotopic (exact) mass is 512 g/mol. The van der Waals surface area contributed by atoms with E-state index < -0.39 is 16.7 Å². The lowest BCUT2D eigenvalue weighted by molar-refractivity contribution is 0.604. The number of aromatic nitrogens is 1. The Balaban J connectivity index is 1.23. The molecule has 7 nitrogen and oxygen atoms in total. The summed E-state index contributed by atoms with van der Waals surface area (Å²) in [5, 5.41) is 3.64. The Morgan fingerprint density at radius 1 is 1.03 bits per heavy atom. The predicted molar refractivity (Wildman–Crippen MR) is 149 cm³/mol. The van der Waals surface area contributed by atoms with Crippen molar-refractivity contribution in [2.75, 3.05) is 17.3 Å². The summed E-state index contributed by atoms with van der Waals surface area (Å²) in [6.45, 7) is 0. The molecule has 3 aliphatic rings. The van der Waals surface area contributed by atoms with Gasteiger partial charge < -0.3 is 10.2 Å². The molecule has 3 aromatic rings. The number of amidine groups is 1. The van der Waals surface area contributed by atoms with Gasteiger partial charge in [0, 0.05) is 41.1 Å². The summed E-state index contributed by atoms with van der Waals surface area (Å²) < 4.78 is 21.3. The zero-order valence-corrected chi connectivity index (χ0v) is 21.3. The molecule has 0 fully saturated rings. The molecule has 180 valence electrons. The first-order valence-corrected chi connectivity index (χ1v) is 13.6. The number of nitrogens with zero attached hydrogens (tertiary/aromatic N) is 5. The quantitative estimate of drug-likeness (QED) is 0.366. The number of pyridine rings is 1. The number of allylic oxidation sites excluding steroid dienone is 1. The zero-order chi connectivity index (χ0) is 24.5. The van der Waals surface area contributed by atoms with E-state index in [0.29, 0.717) is 11.5 Å². The fraction of sp³-hybridized carbons (Fsp3) is 0.185. The fourth-order valence-corrected chi connectivity index (χ4v) is 6.58. The van der Waals surface area contributed by atoms with Crippen LogP contribution >= 0.6 is 11.8 Å². The summed E-state index contributed by atoms with van der Waals surface area (Å²) in [6, 6.07) is 18.7. The van der Waals surface area contributed by atoms with Gasteiger partial charge in [-0.1, -0.05) is 36.0 Å². The minimum atomic E-state index is -1.67. The van der Waals surface area contributed by atoms with Crippen molar-refractivity contribution in [3.8, 4) is 0 Å². The van der Waals surface area contributed by atoms with Crippen molar-refractivity contribution < 1.29 is 4.21 Å². The maximum Gasteiger partial charge on any atom is 0.268 e. The Hall–Kier alpha value is -3.56. The maximum atomic E-state index is 12.5. The summed E-state index contributed by atoms with van der Waals surface area (Å²) in [4.78, 5) is 13.3. The molecule has 0 bridgehead atoms. The molecule has 0 amide bonds. The number of hydrogen-bond acceptors (Lipinski definition) is 6. The second-order valence-electron chi connectivity index (χ2n) is 8.78. The average Bonchev–Trinajstić information content (AvgIpc) is 3.55. The van der Waals surface area contributed by atoms with Crippen molar-refractivity contribution in [2.24, 2.45) is 13.8 Å². The first-order chi connectivity index (χ1) is 17.6. The Bertz CT molecular complexity index is 1450. The molecule has 0 spiro atoms. The average molecular weight is 513 g/mol. The first kappa shape index (κ1) is 22.9.